The van der Waals surface area contributed by atoms with Gasteiger partial charge in [0.05, 0.1) is 12.8 Å². The predicted molar refractivity (Wildman–Crippen MR) is 138 cm³/mol. The molecule has 0 unspecified atom stereocenters. The first kappa shape index (κ1) is 21.5. The smallest absolute Gasteiger partial charge is 0.257 e. The summed E-state index contributed by atoms with van der Waals surface area (Å²) in [6.45, 7) is 1.95. The third-order valence-corrected chi connectivity index (χ3v) is 5.74. The van der Waals surface area contributed by atoms with Crippen molar-refractivity contribution in [3.8, 4) is 11.4 Å². The molecule has 8 heteroatoms. The first-order valence-electron chi connectivity index (χ1n) is 10.6. The minimum absolute atomic E-state index is 0.199. The molecule has 0 aliphatic rings. The standard InChI is InChI=1S/C26H21N5O2S/c1-16-14-22-23(30-31(29-22)24-9-5-7-17-6-3-4-8-20(17)24)15-21(16)27-26(34)28-25(32)18-10-12-19(33-2)13-11-18/h3-15H,1-2H3,(H2,27,28,32,34). The van der Waals surface area contributed by atoms with Gasteiger partial charge in [-0.15, -0.1) is 15.0 Å². The number of methoxy groups -OCH3 is 1. The molecule has 5 rings (SSSR count). The molecule has 4 aromatic carbocycles. The molecule has 0 fully saturated rings. The summed E-state index contributed by atoms with van der Waals surface area (Å²) in [4.78, 5) is 14.2. The Morgan fingerprint density at radius 2 is 1.65 bits per heavy atom. The number of thiocarbonyl (C=S) groups is 1. The molecule has 0 saturated heterocycles. The molecule has 1 heterocycles. The molecular formula is C26H21N5O2S. The van der Waals surface area contributed by atoms with E-state index in [2.05, 4.69) is 33.9 Å². The lowest BCUT2D eigenvalue weighted by Crippen LogP contribution is -2.34. The van der Waals surface area contributed by atoms with E-state index in [4.69, 9.17) is 22.1 Å². The molecule has 0 spiro atoms. The van der Waals surface area contributed by atoms with Gasteiger partial charge in [-0.1, -0.05) is 36.4 Å². The van der Waals surface area contributed by atoms with Crippen LogP contribution in [0.3, 0.4) is 0 Å². The maximum Gasteiger partial charge on any atom is 0.257 e. The van der Waals surface area contributed by atoms with Crippen molar-refractivity contribution in [3.63, 3.8) is 0 Å². The van der Waals surface area contributed by atoms with Crippen molar-refractivity contribution >= 4 is 50.7 Å². The average Bonchev–Trinajstić information content (AvgIpc) is 3.26. The Bertz CT molecular complexity index is 1540. The minimum atomic E-state index is -0.305. The summed E-state index contributed by atoms with van der Waals surface area (Å²) in [5.41, 5.74) is 4.55. The Kier molecular flexibility index (Phi) is 5.65. The van der Waals surface area contributed by atoms with Crippen molar-refractivity contribution in [1.29, 1.82) is 0 Å². The lowest BCUT2D eigenvalue weighted by atomic mass is 10.1. The summed E-state index contributed by atoms with van der Waals surface area (Å²) in [6, 6.07) is 24.8. The number of nitrogens with one attached hydrogen (secondary N) is 2. The number of nitrogens with zero attached hydrogens (tertiary/aromatic N) is 3. The number of hydrogen-bond acceptors (Lipinski definition) is 5. The molecular weight excluding hydrogens is 446 g/mol. The van der Waals surface area contributed by atoms with Gasteiger partial charge in [0, 0.05) is 16.6 Å². The Morgan fingerprint density at radius 3 is 2.41 bits per heavy atom. The zero-order chi connectivity index (χ0) is 23.7. The van der Waals surface area contributed by atoms with Crippen LogP contribution >= 0.6 is 12.2 Å². The van der Waals surface area contributed by atoms with Gasteiger partial charge in [-0.05, 0) is 72.6 Å². The molecule has 0 bridgehead atoms. The number of amides is 1. The monoisotopic (exact) mass is 467 g/mol. The van der Waals surface area contributed by atoms with Crippen LogP contribution in [0.4, 0.5) is 5.69 Å². The highest BCUT2D eigenvalue weighted by molar-refractivity contribution is 7.80. The molecule has 1 aromatic heterocycles. The molecule has 2 N–H and O–H groups in total. The number of anilines is 1. The maximum atomic E-state index is 12.5. The van der Waals surface area contributed by atoms with Crippen molar-refractivity contribution in [1.82, 2.24) is 20.3 Å². The van der Waals surface area contributed by atoms with Crippen LogP contribution in [-0.2, 0) is 0 Å². The third-order valence-electron chi connectivity index (χ3n) is 5.54. The fourth-order valence-corrected chi connectivity index (χ4v) is 3.97. The van der Waals surface area contributed by atoms with Crippen LogP contribution < -0.4 is 15.4 Å². The van der Waals surface area contributed by atoms with E-state index in [-0.39, 0.29) is 11.0 Å². The second-order valence-electron chi connectivity index (χ2n) is 7.78. The van der Waals surface area contributed by atoms with E-state index in [0.717, 1.165) is 33.2 Å². The molecule has 0 aliphatic heterocycles. The van der Waals surface area contributed by atoms with Gasteiger partial charge in [0.15, 0.2) is 5.11 Å². The summed E-state index contributed by atoms with van der Waals surface area (Å²) >= 11 is 5.37. The Hall–Kier alpha value is -4.30. The van der Waals surface area contributed by atoms with Crippen LogP contribution in [0.15, 0.2) is 78.9 Å². The SMILES string of the molecule is COc1ccc(C(=O)NC(=S)Nc2cc3nn(-c4cccc5ccccc45)nc3cc2C)cc1. The maximum absolute atomic E-state index is 12.5. The first-order valence-corrected chi connectivity index (χ1v) is 11.0. The lowest BCUT2D eigenvalue weighted by Gasteiger charge is -2.12. The van der Waals surface area contributed by atoms with Crippen molar-refractivity contribution in [3.05, 3.63) is 90.0 Å². The number of ether oxygens (including phenoxy) is 1. The van der Waals surface area contributed by atoms with Gasteiger partial charge in [0.2, 0.25) is 0 Å². The number of rotatable bonds is 4. The van der Waals surface area contributed by atoms with Crippen LogP contribution in [0.1, 0.15) is 15.9 Å². The molecule has 5 aromatic rings. The predicted octanol–water partition coefficient (Wildman–Crippen LogP) is 5.02. The largest absolute Gasteiger partial charge is 0.497 e. The van der Waals surface area contributed by atoms with E-state index < -0.39 is 0 Å². The molecule has 168 valence electrons. The molecule has 1 amide bonds. The second-order valence-corrected chi connectivity index (χ2v) is 8.19. The summed E-state index contributed by atoms with van der Waals surface area (Å²) in [5.74, 6) is 0.374. The van der Waals surface area contributed by atoms with E-state index in [1.807, 2.05) is 43.3 Å². The highest BCUT2D eigenvalue weighted by atomic mass is 32.1. The van der Waals surface area contributed by atoms with Gasteiger partial charge in [-0.25, -0.2) is 0 Å². The molecule has 0 atom stereocenters. The number of aryl methyl sites for hydroxylation is 1. The number of hydrogen-bond donors (Lipinski definition) is 2. The summed E-state index contributed by atoms with van der Waals surface area (Å²) < 4.78 is 5.13. The van der Waals surface area contributed by atoms with Gasteiger partial charge in [-0.3, -0.25) is 10.1 Å². The van der Waals surface area contributed by atoms with Crippen molar-refractivity contribution in [2.24, 2.45) is 0 Å². The van der Waals surface area contributed by atoms with E-state index in [9.17, 15) is 4.79 Å². The van der Waals surface area contributed by atoms with Gasteiger partial charge in [-0.2, -0.15) is 0 Å². The number of fused-ring (bicyclic) bond motifs is 2. The number of benzene rings is 4. The molecule has 0 aliphatic carbocycles. The number of carbonyl (C=O) groups excluding carboxylic acids is 1. The van der Waals surface area contributed by atoms with Gasteiger partial charge in [0.25, 0.3) is 5.91 Å². The normalized spacial score (nSPS) is 10.9. The first-order chi connectivity index (χ1) is 16.5. The van der Waals surface area contributed by atoms with Crippen LogP contribution in [0.25, 0.3) is 27.5 Å². The third kappa shape index (κ3) is 4.18. The summed E-state index contributed by atoms with van der Waals surface area (Å²) in [6.07, 6.45) is 0. The fourth-order valence-electron chi connectivity index (χ4n) is 3.76. The quantitative estimate of drug-likeness (QED) is 0.362. The van der Waals surface area contributed by atoms with Gasteiger partial charge in [0.1, 0.15) is 16.8 Å². The zero-order valence-electron chi connectivity index (χ0n) is 18.6. The van der Waals surface area contributed by atoms with Crippen molar-refractivity contribution < 1.29 is 9.53 Å². The summed E-state index contributed by atoms with van der Waals surface area (Å²) in [5, 5.41) is 17.6. The van der Waals surface area contributed by atoms with Crippen molar-refractivity contribution in [2.75, 3.05) is 12.4 Å². The average molecular weight is 468 g/mol. The topological polar surface area (TPSA) is 81.1 Å². The number of carbonyl (C=O) groups is 1. The second kappa shape index (κ2) is 8.92. The van der Waals surface area contributed by atoms with Crippen LogP contribution in [-0.4, -0.2) is 33.1 Å². The molecule has 0 saturated carbocycles. The van der Waals surface area contributed by atoms with E-state index in [1.54, 1.807) is 36.2 Å². The van der Waals surface area contributed by atoms with Crippen LogP contribution in [0.5, 0.6) is 5.75 Å². The zero-order valence-corrected chi connectivity index (χ0v) is 19.4. The van der Waals surface area contributed by atoms with E-state index in [0.29, 0.717) is 16.8 Å². The Morgan fingerprint density at radius 1 is 0.941 bits per heavy atom. The Labute approximate surface area is 201 Å². The summed E-state index contributed by atoms with van der Waals surface area (Å²) in [7, 11) is 1.58. The van der Waals surface area contributed by atoms with Crippen molar-refractivity contribution in [2.45, 2.75) is 6.92 Å². The lowest BCUT2D eigenvalue weighted by molar-refractivity contribution is 0.0977. The molecule has 34 heavy (non-hydrogen) atoms. The van der Waals surface area contributed by atoms with Crippen LogP contribution in [0.2, 0.25) is 0 Å². The highest BCUT2D eigenvalue weighted by Gasteiger charge is 2.13. The fraction of sp³-hybridized carbons (Fsp3) is 0.0769. The Balaban J connectivity index is 1.38. The van der Waals surface area contributed by atoms with Gasteiger partial charge >= 0.3 is 0 Å². The van der Waals surface area contributed by atoms with E-state index >= 15 is 0 Å². The highest BCUT2D eigenvalue weighted by Crippen LogP contribution is 2.25. The van der Waals surface area contributed by atoms with Crippen LogP contribution in [0, 0.1) is 6.92 Å². The van der Waals surface area contributed by atoms with Gasteiger partial charge < -0.3 is 10.1 Å². The molecule has 0 radical (unpaired) electrons. The van der Waals surface area contributed by atoms with E-state index in [1.165, 1.54) is 0 Å². The minimum Gasteiger partial charge on any atom is -0.497 e. The number of aromatic nitrogens is 3. The molecule has 7 nitrogen and oxygen atoms in total.